The van der Waals surface area contributed by atoms with Crippen LogP contribution in [0.25, 0.3) is 10.2 Å². The number of hydrogen-bond donors (Lipinski definition) is 1. The number of amides is 1. The number of carbonyl (C=O) groups is 1. The number of nitrogens with zero attached hydrogens (tertiary/aromatic N) is 1. The lowest BCUT2D eigenvalue weighted by atomic mass is 10.2. The Bertz CT molecular complexity index is 765. The molecule has 0 unspecified atom stereocenters. The number of para-hydroxylation sites is 1. The summed E-state index contributed by atoms with van der Waals surface area (Å²) in [6.45, 7) is 0.239. The van der Waals surface area contributed by atoms with Gasteiger partial charge in [0, 0.05) is 0 Å². The molecular formula is C15H10ClFN2OS. The maximum absolute atomic E-state index is 13.6. The number of halogens is 2. The molecule has 0 radical (unpaired) electrons. The van der Waals surface area contributed by atoms with Gasteiger partial charge < -0.3 is 5.32 Å². The number of hydrogen-bond acceptors (Lipinski definition) is 3. The van der Waals surface area contributed by atoms with Crippen molar-refractivity contribution in [3.8, 4) is 0 Å². The van der Waals surface area contributed by atoms with Gasteiger partial charge >= 0.3 is 0 Å². The van der Waals surface area contributed by atoms with Gasteiger partial charge in [-0.2, -0.15) is 0 Å². The minimum Gasteiger partial charge on any atom is -0.345 e. The Morgan fingerprint density at radius 1 is 1.24 bits per heavy atom. The van der Waals surface area contributed by atoms with E-state index in [1.165, 1.54) is 29.5 Å². The van der Waals surface area contributed by atoms with Crippen LogP contribution in [0.2, 0.25) is 5.02 Å². The molecule has 0 aliphatic heterocycles. The van der Waals surface area contributed by atoms with Gasteiger partial charge in [-0.1, -0.05) is 29.8 Å². The van der Waals surface area contributed by atoms with Crippen molar-refractivity contribution in [2.75, 3.05) is 0 Å². The highest BCUT2D eigenvalue weighted by atomic mass is 35.5. The molecule has 21 heavy (non-hydrogen) atoms. The highest BCUT2D eigenvalue weighted by molar-refractivity contribution is 7.18. The van der Waals surface area contributed by atoms with E-state index in [1.807, 2.05) is 24.3 Å². The van der Waals surface area contributed by atoms with Crippen LogP contribution in [0.5, 0.6) is 0 Å². The van der Waals surface area contributed by atoms with Crippen LogP contribution < -0.4 is 5.32 Å². The van der Waals surface area contributed by atoms with E-state index in [1.54, 1.807) is 0 Å². The number of carbonyl (C=O) groups excluding carboxylic acids is 1. The molecule has 0 atom stereocenters. The fourth-order valence-electron chi connectivity index (χ4n) is 1.95. The molecule has 0 saturated carbocycles. The predicted molar refractivity (Wildman–Crippen MR) is 82.2 cm³/mol. The van der Waals surface area contributed by atoms with Gasteiger partial charge in [-0.05, 0) is 24.3 Å². The first-order valence-electron chi connectivity index (χ1n) is 6.22. The summed E-state index contributed by atoms with van der Waals surface area (Å²) in [5.41, 5.74) is 0.746. The molecule has 3 nitrogen and oxygen atoms in total. The summed E-state index contributed by atoms with van der Waals surface area (Å²) >= 11 is 7.35. The monoisotopic (exact) mass is 320 g/mol. The van der Waals surface area contributed by atoms with E-state index in [0.717, 1.165) is 15.2 Å². The molecule has 1 N–H and O–H groups in total. The molecule has 1 heterocycles. The summed E-state index contributed by atoms with van der Waals surface area (Å²) in [6, 6.07) is 11.9. The fourth-order valence-corrected chi connectivity index (χ4v) is 3.11. The van der Waals surface area contributed by atoms with Crippen molar-refractivity contribution in [3.05, 3.63) is 63.9 Å². The third kappa shape index (κ3) is 2.89. The van der Waals surface area contributed by atoms with Gasteiger partial charge in [0.1, 0.15) is 10.8 Å². The number of rotatable bonds is 3. The largest absolute Gasteiger partial charge is 0.345 e. The molecule has 1 amide bonds. The molecule has 0 aliphatic rings. The lowest BCUT2D eigenvalue weighted by molar-refractivity contribution is 0.0947. The summed E-state index contributed by atoms with van der Waals surface area (Å²) in [5.74, 6) is -1.18. The average Bonchev–Trinajstić information content (AvgIpc) is 2.87. The third-order valence-corrected chi connectivity index (χ3v) is 4.28. The molecule has 3 rings (SSSR count). The van der Waals surface area contributed by atoms with Crippen LogP contribution >= 0.6 is 22.9 Å². The molecule has 0 bridgehead atoms. The van der Waals surface area contributed by atoms with Crippen LogP contribution in [0, 0.1) is 5.82 Å². The maximum atomic E-state index is 13.6. The molecule has 3 aromatic rings. The predicted octanol–water partition coefficient (Wildman–Crippen LogP) is 4.02. The first-order chi connectivity index (χ1) is 10.1. The van der Waals surface area contributed by atoms with Crippen LogP contribution in [0.3, 0.4) is 0 Å². The maximum Gasteiger partial charge on any atom is 0.256 e. The Balaban J connectivity index is 1.76. The van der Waals surface area contributed by atoms with E-state index in [9.17, 15) is 9.18 Å². The average molecular weight is 321 g/mol. The number of fused-ring (bicyclic) bond motifs is 1. The number of thiazole rings is 1. The first kappa shape index (κ1) is 14.0. The molecule has 0 aliphatic carbocycles. The van der Waals surface area contributed by atoms with Crippen LogP contribution in [0.4, 0.5) is 4.39 Å². The SMILES string of the molecule is O=C(NCc1nc2ccccc2s1)c1c(F)cccc1Cl. The van der Waals surface area contributed by atoms with Crippen molar-refractivity contribution in [3.63, 3.8) is 0 Å². The first-order valence-corrected chi connectivity index (χ1v) is 7.41. The minimum atomic E-state index is -0.635. The molecule has 2 aromatic carbocycles. The van der Waals surface area contributed by atoms with E-state index in [4.69, 9.17) is 11.6 Å². The zero-order valence-corrected chi connectivity index (χ0v) is 12.3. The molecular weight excluding hydrogens is 311 g/mol. The second kappa shape index (κ2) is 5.79. The van der Waals surface area contributed by atoms with Crippen molar-refractivity contribution in [2.24, 2.45) is 0 Å². The normalized spacial score (nSPS) is 10.8. The van der Waals surface area contributed by atoms with Crippen molar-refractivity contribution in [1.29, 1.82) is 0 Å². The minimum absolute atomic E-state index is 0.0943. The van der Waals surface area contributed by atoms with Crippen molar-refractivity contribution < 1.29 is 9.18 Å². The summed E-state index contributed by atoms with van der Waals surface area (Å²) in [6.07, 6.45) is 0. The summed E-state index contributed by atoms with van der Waals surface area (Å²) < 4.78 is 14.7. The Labute approximate surface area is 129 Å². The second-order valence-electron chi connectivity index (χ2n) is 4.35. The van der Waals surface area contributed by atoms with Crippen LogP contribution in [-0.4, -0.2) is 10.9 Å². The van der Waals surface area contributed by atoms with E-state index in [-0.39, 0.29) is 17.1 Å². The molecule has 1 aromatic heterocycles. The lowest BCUT2D eigenvalue weighted by Crippen LogP contribution is -2.24. The van der Waals surface area contributed by atoms with Crippen molar-refractivity contribution in [1.82, 2.24) is 10.3 Å². The zero-order valence-electron chi connectivity index (χ0n) is 10.8. The highest BCUT2D eigenvalue weighted by Gasteiger charge is 2.15. The smallest absolute Gasteiger partial charge is 0.256 e. The quantitative estimate of drug-likeness (QED) is 0.792. The molecule has 0 fully saturated rings. The van der Waals surface area contributed by atoms with Gasteiger partial charge in [0.05, 0.1) is 27.3 Å². The molecule has 6 heteroatoms. The summed E-state index contributed by atoms with van der Waals surface area (Å²) in [7, 11) is 0. The Hall–Kier alpha value is -1.98. The number of nitrogens with one attached hydrogen (secondary N) is 1. The lowest BCUT2D eigenvalue weighted by Gasteiger charge is -2.06. The van der Waals surface area contributed by atoms with Crippen LogP contribution in [0.15, 0.2) is 42.5 Å². The van der Waals surface area contributed by atoms with E-state index in [2.05, 4.69) is 10.3 Å². The van der Waals surface area contributed by atoms with E-state index >= 15 is 0 Å². The van der Waals surface area contributed by atoms with Crippen molar-refractivity contribution >= 4 is 39.1 Å². The molecule has 106 valence electrons. The van der Waals surface area contributed by atoms with Gasteiger partial charge in [-0.3, -0.25) is 4.79 Å². The van der Waals surface area contributed by atoms with Crippen LogP contribution in [-0.2, 0) is 6.54 Å². The second-order valence-corrected chi connectivity index (χ2v) is 5.88. The summed E-state index contributed by atoms with van der Waals surface area (Å²) in [4.78, 5) is 16.4. The summed E-state index contributed by atoms with van der Waals surface area (Å²) in [5, 5.41) is 3.50. The van der Waals surface area contributed by atoms with Gasteiger partial charge in [0.2, 0.25) is 0 Å². The van der Waals surface area contributed by atoms with Crippen molar-refractivity contribution in [2.45, 2.75) is 6.54 Å². The standard InChI is InChI=1S/C15H10ClFN2OS/c16-9-4-3-5-10(17)14(9)15(20)18-8-13-19-11-6-1-2-7-12(11)21-13/h1-7H,8H2,(H,18,20). The highest BCUT2D eigenvalue weighted by Crippen LogP contribution is 2.22. The molecule has 0 spiro atoms. The Morgan fingerprint density at radius 3 is 2.81 bits per heavy atom. The van der Waals surface area contributed by atoms with Gasteiger partial charge in [-0.15, -0.1) is 11.3 Å². The topological polar surface area (TPSA) is 42.0 Å². The van der Waals surface area contributed by atoms with Crippen LogP contribution in [0.1, 0.15) is 15.4 Å². The molecule has 0 saturated heterocycles. The zero-order chi connectivity index (χ0) is 14.8. The fraction of sp³-hybridized carbons (Fsp3) is 0.0667. The van der Waals surface area contributed by atoms with Gasteiger partial charge in [-0.25, -0.2) is 9.37 Å². The van der Waals surface area contributed by atoms with Gasteiger partial charge in [0.15, 0.2) is 0 Å². The number of aromatic nitrogens is 1. The van der Waals surface area contributed by atoms with E-state index in [0.29, 0.717) is 0 Å². The number of benzene rings is 2. The Kier molecular flexibility index (Phi) is 3.86. The van der Waals surface area contributed by atoms with Gasteiger partial charge in [0.25, 0.3) is 5.91 Å². The van der Waals surface area contributed by atoms with E-state index < -0.39 is 11.7 Å². The third-order valence-electron chi connectivity index (χ3n) is 2.93. The Morgan fingerprint density at radius 2 is 2.05 bits per heavy atom.